The van der Waals surface area contributed by atoms with Crippen molar-refractivity contribution >= 4 is 22.9 Å². The summed E-state index contributed by atoms with van der Waals surface area (Å²) in [5.74, 6) is -0.0161. The van der Waals surface area contributed by atoms with Crippen molar-refractivity contribution in [3.63, 3.8) is 0 Å². The van der Waals surface area contributed by atoms with E-state index in [1.165, 1.54) is 12.1 Å². The number of fused-ring (bicyclic) bond motifs is 1. The van der Waals surface area contributed by atoms with Gasteiger partial charge < -0.3 is 4.98 Å². The number of rotatable bonds is 3. The highest BCUT2D eigenvalue weighted by atomic mass is 19.1. The first kappa shape index (κ1) is 13.9. The fourth-order valence-corrected chi connectivity index (χ4v) is 3.20. The van der Waals surface area contributed by atoms with Crippen LogP contribution in [0.2, 0.25) is 0 Å². The Kier molecular flexibility index (Phi) is 3.15. The van der Waals surface area contributed by atoms with Gasteiger partial charge in [0.2, 0.25) is 11.9 Å². The van der Waals surface area contributed by atoms with Crippen molar-refractivity contribution in [1.82, 2.24) is 9.97 Å². The third-order valence-corrected chi connectivity index (χ3v) is 4.64. The number of nitrogens with one attached hydrogen (secondary N) is 2. The second-order valence-electron chi connectivity index (χ2n) is 6.00. The lowest BCUT2D eigenvalue weighted by Crippen LogP contribution is -2.46. The molecule has 0 bridgehead atoms. The molecule has 0 unspecified atom stereocenters. The first-order valence-electron chi connectivity index (χ1n) is 7.70. The number of carbonyl (C=O) groups excluding carboxylic acids is 1. The summed E-state index contributed by atoms with van der Waals surface area (Å²) >= 11 is 0. The standard InChI is InChI=1S/C18H16FN3O/c19-13-6-3-5-12(11-13)18(9-4-10-18)16(23)22-17-20-14-7-1-2-8-15(14)21-17/h1-3,5-8,11H,4,9-10H2,(H2,20,21,22,23). The number of hydrogen-bond acceptors (Lipinski definition) is 2. The molecule has 0 spiro atoms. The van der Waals surface area contributed by atoms with Crippen molar-refractivity contribution in [3.8, 4) is 0 Å². The number of aromatic nitrogens is 2. The average Bonchev–Trinajstić information content (AvgIpc) is 2.88. The Hall–Kier alpha value is -2.69. The van der Waals surface area contributed by atoms with Crippen molar-refractivity contribution in [2.24, 2.45) is 0 Å². The van der Waals surface area contributed by atoms with Crippen LogP contribution in [-0.4, -0.2) is 15.9 Å². The van der Waals surface area contributed by atoms with E-state index in [9.17, 15) is 9.18 Å². The molecule has 4 nitrogen and oxygen atoms in total. The van der Waals surface area contributed by atoms with E-state index in [1.54, 1.807) is 6.07 Å². The molecule has 2 N–H and O–H groups in total. The Morgan fingerprint density at radius 3 is 2.70 bits per heavy atom. The normalized spacial score (nSPS) is 16.0. The first-order chi connectivity index (χ1) is 11.2. The Labute approximate surface area is 132 Å². The molecule has 0 atom stereocenters. The van der Waals surface area contributed by atoms with Crippen LogP contribution in [0.3, 0.4) is 0 Å². The van der Waals surface area contributed by atoms with Crippen LogP contribution >= 0.6 is 0 Å². The largest absolute Gasteiger partial charge is 0.324 e. The number of carbonyl (C=O) groups is 1. The second-order valence-corrected chi connectivity index (χ2v) is 6.00. The van der Waals surface area contributed by atoms with Gasteiger partial charge in [0.25, 0.3) is 0 Å². The smallest absolute Gasteiger partial charge is 0.237 e. The molecule has 1 aliphatic rings. The molecule has 0 aliphatic heterocycles. The fraction of sp³-hybridized carbons (Fsp3) is 0.222. The summed E-state index contributed by atoms with van der Waals surface area (Å²) in [6.45, 7) is 0. The van der Waals surface area contributed by atoms with Gasteiger partial charge in [-0.05, 0) is 42.7 Å². The number of aromatic amines is 1. The van der Waals surface area contributed by atoms with Gasteiger partial charge in [-0.3, -0.25) is 10.1 Å². The molecule has 1 aromatic heterocycles. The predicted molar refractivity (Wildman–Crippen MR) is 86.7 cm³/mol. The summed E-state index contributed by atoms with van der Waals surface area (Å²) in [6.07, 6.45) is 2.41. The van der Waals surface area contributed by atoms with E-state index in [4.69, 9.17) is 0 Å². The summed E-state index contributed by atoms with van der Waals surface area (Å²) in [6, 6.07) is 13.9. The Morgan fingerprint density at radius 1 is 1.17 bits per heavy atom. The van der Waals surface area contributed by atoms with E-state index in [1.807, 2.05) is 30.3 Å². The van der Waals surface area contributed by atoms with Crippen LogP contribution in [0.4, 0.5) is 10.3 Å². The molecule has 1 heterocycles. The minimum Gasteiger partial charge on any atom is -0.324 e. The molecule has 4 rings (SSSR count). The highest BCUT2D eigenvalue weighted by Crippen LogP contribution is 2.44. The topological polar surface area (TPSA) is 57.8 Å². The van der Waals surface area contributed by atoms with Crippen molar-refractivity contribution in [1.29, 1.82) is 0 Å². The molecule has 1 amide bonds. The van der Waals surface area contributed by atoms with Gasteiger partial charge in [-0.2, -0.15) is 0 Å². The minimum atomic E-state index is -0.652. The molecule has 1 fully saturated rings. The number of H-pyrrole nitrogens is 1. The molecule has 2 aromatic carbocycles. The fourth-order valence-electron chi connectivity index (χ4n) is 3.20. The molecule has 1 aliphatic carbocycles. The molecule has 0 radical (unpaired) electrons. The van der Waals surface area contributed by atoms with Gasteiger partial charge in [-0.1, -0.05) is 30.7 Å². The van der Waals surface area contributed by atoms with Crippen molar-refractivity contribution < 1.29 is 9.18 Å². The van der Waals surface area contributed by atoms with Crippen LogP contribution in [0.25, 0.3) is 11.0 Å². The van der Waals surface area contributed by atoms with Gasteiger partial charge in [-0.25, -0.2) is 9.37 Å². The highest BCUT2D eigenvalue weighted by molar-refractivity contribution is 5.99. The molecule has 0 saturated heterocycles. The van der Waals surface area contributed by atoms with E-state index >= 15 is 0 Å². The maximum Gasteiger partial charge on any atom is 0.237 e. The summed E-state index contributed by atoms with van der Waals surface area (Å²) in [4.78, 5) is 20.3. The lowest BCUT2D eigenvalue weighted by atomic mass is 9.64. The van der Waals surface area contributed by atoms with Crippen LogP contribution < -0.4 is 5.32 Å². The van der Waals surface area contributed by atoms with Crippen molar-refractivity contribution in [3.05, 3.63) is 59.9 Å². The van der Waals surface area contributed by atoms with Gasteiger partial charge >= 0.3 is 0 Å². The molecule has 3 aromatic rings. The van der Waals surface area contributed by atoms with E-state index in [0.29, 0.717) is 5.95 Å². The van der Waals surface area contributed by atoms with Gasteiger partial charge in [0.15, 0.2) is 0 Å². The van der Waals surface area contributed by atoms with E-state index in [0.717, 1.165) is 35.9 Å². The number of halogens is 1. The number of hydrogen-bond donors (Lipinski definition) is 2. The Bertz CT molecular complexity index is 850. The third kappa shape index (κ3) is 2.29. The molecule has 5 heteroatoms. The molecule has 116 valence electrons. The number of nitrogens with zero attached hydrogens (tertiary/aromatic N) is 1. The van der Waals surface area contributed by atoms with Crippen LogP contribution in [0, 0.1) is 5.82 Å². The van der Waals surface area contributed by atoms with Crippen molar-refractivity contribution in [2.45, 2.75) is 24.7 Å². The number of benzene rings is 2. The summed E-state index contributed by atoms with van der Waals surface area (Å²) in [5.41, 5.74) is 1.76. The maximum atomic E-state index is 13.5. The lowest BCUT2D eigenvalue weighted by Gasteiger charge is -2.40. The zero-order valence-corrected chi connectivity index (χ0v) is 12.5. The summed E-state index contributed by atoms with van der Waals surface area (Å²) in [5, 5.41) is 2.86. The molecular weight excluding hydrogens is 293 g/mol. The monoisotopic (exact) mass is 309 g/mol. The molecular formula is C18H16FN3O. The molecule has 1 saturated carbocycles. The number of para-hydroxylation sites is 2. The lowest BCUT2D eigenvalue weighted by molar-refractivity contribution is -0.124. The van der Waals surface area contributed by atoms with Crippen LogP contribution in [0.15, 0.2) is 48.5 Å². The van der Waals surface area contributed by atoms with Gasteiger partial charge in [0.05, 0.1) is 16.4 Å². The second kappa shape index (κ2) is 5.19. The quantitative estimate of drug-likeness (QED) is 0.774. The van der Waals surface area contributed by atoms with Gasteiger partial charge in [-0.15, -0.1) is 0 Å². The zero-order valence-electron chi connectivity index (χ0n) is 12.5. The number of anilines is 1. The minimum absolute atomic E-state index is 0.131. The first-order valence-corrected chi connectivity index (χ1v) is 7.70. The average molecular weight is 309 g/mol. The van der Waals surface area contributed by atoms with Crippen LogP contribution in [0.5, 0.6) is 0 Å². The summed E-state index contributed by atoms with van der Waals surface area (Å²) < 4.78 is 13.5. The Morgan fingerprint density at radius 2 is 2.00 bits per heavy atom. The van der Waals surface area contributed by atoms with Crippen LogP contribution in [0.1, 0.15) is 24.8 Å². The highest BCUT2D eigenvalue weighted by Gasteiger charge is 2.46. The van der Waals surface area contributed by atoms with E-state index < -0.39 is 5.41 Å². The zero-order chi connectivity index (χ0) is 15.9. The number of amides is 1. The van der Waals surface area contributed by atoms with Gasteiger partial charge in [0, 0.05) is 0 Å². The van der Waals surface area contributed by atoms with Crippen molar-refractivity contribution in [2.75, 3.05) is 5.32 Å². The predicted octanol–water partition coefficient (Wildman–Crippen LogP) is 3.76. The summed E-state index contributed by atoms with van der Waals surface area (Å²) in [7, 11) is 0. The SMILES string of the molecule is O=C(Nc1nc2ccccc2[nH]1)C1(c2cccc(F)c2)CCC1. The van der Waals surface area contributed by atoms with E-state index in [2.05, 4.69) is 15.3 Å². The number of imidazole rings is 1. The molecule has 23 heavy (non-hydrogen) atoms. The van der Waals surface area contributed by atoms with Gasteiger partial charge in [0.1, 0.15) is 5.82 Å². The Balaban J connectivity index is 1.64. The maximum absolute atomic E-state index is 13.5. The van der Waals surface area contributed by atoms with E-state index in [-0.39, 0.29) is 11.7 Å². The third-order valence-electron chi connectivity index (χ3n) is 4.64. The van der Waals surface area contributed by atoms with Crippen LogP contribution in [-0.2, 0) is 10.2 Å².